The topological polar surface area (TPSA) is 78.4 Å². The molecule has 0 aliphatic carbocycles. The van der Waals surface area contributed by atoms with Crippen molar-refractivity contribution in [3.63, 3.8) is 0 Å². The maximum atomic E-state index is 11.3. The summed E-state index contributed by atoms with van der Waals surface area (Å²) in [4.78, 5) is 21.8. The monoisotopic (exact) mass is 216 g/mol. The van der Waals surface area contributed by atoms with E-state index in [1.54, 1.807) is 0 Å². The molecule has 0 saturated heterocycles. The van der Waals surface area contributed by atoms with Crippen LogP contribution in [-0.2, 0) is 9.59 Å². The van der Waals surface area contributed by atoms with Crippen molar-refractivity contribution in [3.8, 4) is 0 Å². The highest BCUT2D eigenvalue weighted by atomic mass is 16.3. The van der Waals surface area contributed by atoms with Crippen molar-refractivity contribution in [1.82, 2.24) is 10.6 Å². The molecule has 0 aromatic heterocycles. The minimum Gasteiger partial charge on any atom is -0.394 e. The Kier molecular flexibility index (Phi) is 6.70. The fourth-order valence-corrected chi connectivity index (χ4v) is 1.23. The highest BCUT2D eigenvalue weighted by Gasteiger charge is 2.12. The number of aliphatic hydroxyl groups is 1. The van der Waals surface area contributed by atoms with E-state index in [4.69, 9.17) is 5.11 Å². The Hall–Kier alpha value is -1.10. The second-order valence-electron chi connectivity index (χ2n) is 3.99. The van der Waals surface area contributed by atoms with E-state index in [0.717, 1.165) is 6.42 Å². The van der Waals surface area contributed by atoms with Gasteiger partial charge >= 0.3 is 0 Å². The average molecular weight is 216 g/mol. The first-order valence-corrected chi connectivity index (χ1v) is 5.10. The third-order valence-corrected chi connectivity index (χ3v) is 1.84. The maximum Gasteiger partial charge on any atom is 0.239 e. The normalized spacial score (nSPS) is 12.3. The van der Waals surface area contributed by atoms with Crippen LogP contribution in [0, 0.1) is 5.92 Å². The molecule has 0 aliphatic rings. The number of rotatable bonds is 6. The van der Waals surface area contributed by atoms with Gasteiger partial charge in [0.05, 0.1) is 19.2 Å². The lowest BCUT2D eigenvalue weighted by Gasteiger charge is -2.18. The van der Waals surface area contributed by atoms with E-state index >= 15 is 0 Å². The quantitative estimate of drug-likeness (QED) is 0.567. The predicted octanol–water partition coefficient (Wildman–Crippen LogP) is -0.354. The van der Waals surface area contributed by atoms with Crippen LogP contribution in [0.3, 0.4) is 0 Å². The van der Waals surface area contributed by atoms with Gasteiger partial charge in [-0.25, -0.2) is 0 Å². The summed E-state index contributed by atoms with van der Waals surface area (Å²) in [5, 5.41) is 14.0. The van der Waals surface area contributed by atoms with Gasteiger partial charge < -0.3 is 15.7 Å². The average Bonchev–Trinajstić information content (AvgIpc) is 2.13. The number of hydrogen-bond donors (Lipinski definition) is 3. The Morgan fingerprint density at radius 3 is 2.33 bits per heavy atom. The molecule has 0 spiro atoms. The molecule has 0 radical (unpaired) electrons. The van der Waals surface area contributed by atoms with Crippen molar-refractivity contribution < 1.29 is 14.7 Å². The summed E-state index contributed by atoms with van der Waals surface area (Å²) in [5.74, 6) is -0.109. The first-order chi connectivity index (χ1) is 6.95. The molecule has 1 atom stereocenters. The lowest BCUT2D eigenvalue weighted by atomic mass is 10.0. The third kappa shape index (κ3) is 7.93. The smallest absolute Gasteiger partial charge is 0.239 e. The Bertz CT molecular complexity index is 217. The molecule has 5 heteroatoms. The third-order valence-electron chi connectivity index (χ3n) is 1.84. The van der Waals surface area contributed by atoms with E-state index in [9.17, 15) is 9.59 Å². The number of carbonyl (C=O) groups is 2. The van der Waals surface area contributed by atoms with Gasteiger partial charge in [0.25, 0.3) is 0 Å². The number of aliphatic hydroxyl groups excluding tert-OH is 1. The lowest BCUT2D eigenvalue weighted by Crippen LogP contribution is -2.43. The molecule has 0 fully saturated rings. The molecule has 0 aliphatic heterocycles. The van der Waals surface area contributed by atoms with Gasteiger partial charge in [0.1, 0.15) is 0 Å². The van der Waals surface area contributed by atoms with Crippen molar-refractivity contribution in [3.05, 3.63) is 0 Å². The zero-order valence-corrected chi connectivity index (χ0v) is 9.54. The summed E-state index contributed by atoms with van der Waals surface area (Å²) in [6, 6.07) is -0.230. The molecule has 5 nitrogen and oxygen atoms in total. The molecule has 0 aromatic carbocycles. The van der Waals surface area contributed by atoms with E-state index in [1.165, 1.54) is 6.92 Å². The Labute approximate surface area is 90.2 Å². The highest BCUT2D eigenvalue weighted by Crippen LogP contribution is 2.03. The van der Waals surface area contributed by atoms with Crippen molar-refractivity contribution >= 4 is 11.8 Å². The maximum absolute atomic E-state index is 11.3. The number of nitrogens with one attached hydrogen (secondary N) is 2. The Morgan fingerprint density at radius 2 is 1.93 bits per heavy atom. The summed E-state index contributed by atoms with van der Waals surface area (Å²) in [5.41, 5.74) is 0. The molecule has 3 N–H and O–H groups in total. The summed E-state index contributed by atoms with van der Waals surface area (Å²) in [6.45, 7) is 5.27. The Balaban J connectivity index is 3.85. The van der Waals surface area contributed by atoms with Gasteiger partial charge in [0.2, 0.25) is 11.8 Å². The predicted molar refractivity (Wildman–Crippen MR) is 57.2 cm³/mol. The minimum absolute atomic E-state index is 0.0378. The van der Waals surface area contributed by atoms with Crippen LogP contribution >= 0.6 is 0 Å². The van der Waals surface area contributed by atoms with Crippen LogP contribution in [0.4, 0.5) is 0 Å². The van der Waals surface area contributed by atoms with Gasteiger partial charge in [-0.1, -0.05) is 13.8 Å². The molecule has 0 heterocycles. The lowest BCUT2D eigenvalue weighted by molar-refractivity contribution is -0.125. The molecule has 0 rings (SSSR count). The molecule has 0 aromatic rings. The zero-order valence-electron chi connectivity index (χ0n) is 9.54. The van der Waals surface area contributed by atoms with Crippen LogP contribution < -0.4 is 10.6 Å². The first kappa shape index (κ1) is 13.9. The van der Waals surface area contributed by atoms with Crippen molar-refractivity contribution in [2.45, 2.75) is 33.2 Å². The van der Waals surface area contributed by atoms with E-state index < -0.39 is 0 Å². The van der Waals surface area contributed by atoms with Gasteiger partial charge in [-0.15, -0.1) is 0 Å². The van der Waals surface area contributed by atoms with Crippen molar-refractivity contribution in [2.75, 3.05) is 13.2 Å². The highest BCUT2D eigenvalue weighted by molar-refractivity contribution is 5.83. The second kappa shape index (κ2) is 7.23. The number of amides is 2. The number of carbonyl (C=O) groups excluding carboxylic acids is 2. The molecular formula is C10H20N2O3. The molecule has 2 amide bonds. The van der Waals surface area contributed by atoms with Gasteiger partial charge in [0, 0.05) is 6.92 Å². The Morgan fingerprint density at radius 1 is 1.33 bits per heavy atom. The van der Waals surface area contributed by atoms with Crippen LogP contribution in [0.2, 0.25) is 0 Å². The van der Waals surface area contributed by atoms with Crippen molar-refractivity contribution in [1.29, 1.82) is 0 Å². The van der Waals surface area contributed by atoms with E-state index in [2.05, 4.69) is 10.6 Å². The van der Waals surface area contributed by atoms with Crippen LogP contribution in [0.1, 0.15) is 27.2 Å². The van der Waals surface area contributed by atoms with Gasteiger partial charge in [-0.05, 0) is 12.3 Å². The van der Waals surface area contributed by atoms with Crippen LogP contribution in [0.5, 0.6) is 0 Å². The van der Waals surface area contributed by atoms with Gasteiger partial charge in [-0.2, -0.15) is 0 Å². The standard InChI is InChI=1S/C10H20N2O3/c1-7(2)4-9(6-13)12-10(15)5-11-8(3)14/h7,9,13H,4-6H2,1-3H3,(H,11,14)(H,12,15). The van der Waals surface area contributed by atoms with Gasteiger partial charge in [-0.3, -0.25) is 9.59 Å². The first-order valence-electron chi connectivity index (χ1n) is 5.10. The molecule has 1 unspecified atom stereocenters. The van der Waals surface area contributed by atoms with E-state index in [0.29, 0.717) is 5.92 Å². The molecule has 88 valence electrons. The molecule has 0 bridgehead atoms. The number of hydrogen-bond acceptors (Lipinski definition) is 3. The van der Waals surface area contributed by atoms with Crippen LogP contribution in [0.15, 0.2) is 0 Å². The van der Waals surface area contributed by atoms with Crippen LogP contribution in [-0.4, -0.2) is 36.1 Å². The summed E-state index contributed by atoms with van der Waals surface area (Å²) in [6.07, 6.45) is 0.725. The fraction of sp³-hybridized carbons (Fsp3) is 0.800. The largest absolute Gasteiger partial charge is 0.394 e. The summed E-state index contributed by atoms with van der Waals surface area (Å²) in [7, 11) is 0. The minimum atomic E-state index is -0.273. The van der Waals surface area contributed by atoms with Crippen LogP contribution in [0.25, 0.3) is 0 Å². The van der Waals surface area contributed by atoms with Crippen molar-refractivity contribution in [2.24, 2.45) is 5.92 Å². The second-order valence-corrected chi connectivity index (χ2v) is 3.99. The molecular weight excluding hydrogens is 196 g/mol. The summed E-state index contributed by atoms with van der Waals surface area (Å²) >= 11 is 0. The van der Waals surface area contributed by atoms with Gasteiger partial charge in [0.15, 0.2) is 0 Å². The molecule has 0 saturated carbocycles. The van der Waals surface area contributed by atoms with E-state index in [-0.39, 0.29) is 31.0 Å². The molecule has 15 heavy (non-hydrogen) atoms. The zero-order chi connectivity index (χ0) is 11.8. The SMILES string of the molecule is CC(=O)NCC(=O)NC(CO)CC(C)C. The van der Waals surface area contributed by atoms with E-state index in [1.807, 2.05) is 13.8 Å². The fourth-order valence-electron chi connectivity index (χ4n) is 1.23. The summed E-state index contributed by atoms with van der Waals surface area (Å²) < 4.78 is 0.